The molecule has 4 aliphatic rings. The molecule has 7 rings (SSSR count). The minimum atomic E-state index is -0.813. The van der Waals surface area contributed by atoms with Crippen LogP contribution < -0.4 is 14.7 Å². The Balaban J connectivity index is 1.09. The van der Waals surface area contributed by atoms with Crippen LogP contribution in [0.15, 0.2) is 30.6 Å². The van der Waals surface area contributed by atoms with Crippen LogP contribution >= 0.6 is 0 Å². The van der Waals surface area contributed by atoms with E-state index in [2.05, 4.69) is 76.6 Å². The van der Waals surface area contributed by atoms with Gasteiger partial charge in [-0.15, -0.1) is 0 Å². The van der Waals surface area contributed by atoms with E-state index in [-0.39, 0.29) is 6.42 Å². The first-order valence-corrected chi connectivity index (χ1v) is 18.4. The van der Waals surface area contributed by atoms with Crippen molar-refractivity contribution in [2.24, 2.45) is 5.41 Å². The van der Waals surface area contributed by atoms with Crippen molar-refractivity contribution in [1.29, 1.82) is 0 Å². The summed E-state index contributed by atoms with van der Waals surface area (Å²) in [7, 11) is 2.22. The second-order valence-electron chi connectivity index (χ2n) is 15.7. The number of fused-ring (bicyclic) bond motifs is 1. The molecule has 0 aliphatic carbocycles. The summed E-state index contributed by atoms with van der Waals surface area (Å²) in [5.74, 6) is 1.22. The molecule has 3 saturated heterocycles. The van der Waals surface area contributed by atoms with Gasteiger partial charge in [0.05, 0.1) is 12.1 Å². The molecule has 1 N–H and O–H groups in total. The van der Waals surface area contributed by atoms with Gasteiger partial charge in [-0.2, -0.15) is 0 Å². The second-order valence-corrected chi connectivity index (χ2v) is 15.7. The number of aromatic nitrogens is 3. The highest BCUT2D eigenvalue weighted by Gasteiger charge is 2.31. The Kier molecular flexibility index (Phi) is 9.54. The lowest BCUT2D eigenvalue weighted by molar-refractivity contribution is -0.136. The van der Waals surface area contributed by atoms with Crippen molar-refractivity contribution in [3.63, 3.8) is 0 Å². The standard InChI is InChI=1S/C39H54N8O2/c1-27-33(23-36(48)49)38(46-16-11-39(3,4)12-17-46)37(28(2)42-27)30-6-7-31-25-47(13-8-29(31)22-30)35-24-34(40-26-41-35)45-14-9-32(10-15-45)44-20-18-43(5)19-21-44/h6-7,22,24,26,32H,8-21,23,25H2,1-5H3,(H,48,49). The Labute approximate surface area is 292 Å². The monoisotopic (exact) mass is 666 g/mol. The van der Waals surface area contributed by atoms with Gasteiger partial charge in [0.25, 0.3) is 0 Å². The summed E-state index contributed by atoms with van der Waals surface area (Å²) in [6.45, 7) is 19.0. The molecule has 1 aromatic carbocycles. The Morgan fingerprint density at radius 3 is 2.22 bits per heavy atom. The summed E-state index contributed by atoms with van der Waals surface area (Å²) in [5.41, 5.74) is 8.88. The molecule has 10 nitrogen and oxygen atoms in total. The lowest BCUT2D eigenvalue weighted by atomic mass is 9.82. The maximum Gasteiger partial charge on any atom is 0.307 e. The third-order valence-electron chi connectivity index (χ3n) is 11.7. The van der Waals surface area contributed by atoms with Crippen molar-refractivity contribution < 1.29 is 9.90 Å². The van der Waals surface area contributed by atoms with Crippen molar-refractivity contribution in [3.05, 3.63) is 58.7 Å². The Hall–Kier alpha value is -3.76. The molecule has 6 heterocycles. The number of carbonyl (C=O) groups is 1. The number of aliphatic carboxylic acids is 1. The minimum absolute atomic E-state index is 0.0174. The van der Waals surface area contributed by atoms with Crippen molar-refractivity contribution in [2.45, 2.75) is 78.8 Å². The number of piperazine rings is 1. The van der Waals surface area contributed by atoms with Crippen LogP contribution in [-0.4, -0.2) is 108 Å². The Morgan fingerprint density at radius 1 is 0.837 bits per heavy atom. The van der Waals surface area contributed by atoms with Crippen molar-refractivity contribution >= 4 is 23.3 Å². The number of aryl methyl sites for hydroxylation is 2. The predicted molar refractivity (Wildman–Crippen MR) is 197 cm³/mol. The number of hydrogen-bond donors (Lipinski definition) is 1. The van der Waals surface area contributed by atoms with Crippen LogP contribution in [0, 0.1) is 19.3 Å². The van der Waals surface area contributed by atoms with Gasteiger partial charge in [0.2, 0.25) is 0 Å². The molecule has 0 spiro atoms. The normalized spacial score (nSPS) is 20.8. The van der Waals surface area contributed by atoms with E-state index in [1.165, 1.54) is 50.1 Å². The zero-order valence-electron chi connectivity index (χ0n) is 30.2. The maximum absolute atomic E-state index is 12.1. The second kappa shape index (κ2) is 13.9. The number of carboxylic acid groups (broad SMARTS) is 1. The van der Waals surface area contributed by atoms with Crippen LogP contribution in [0.5, 0.6) is 0 Å². The third kappa shape index (κ3) is 7.26. The highest BCUT2D eigenvalue weighted by molar-refractivity contribution is 5.86. The van der Waals surface area contributed by atoms with Gasteiger partial charge in [0.1, 0.15) is 18.0 Å². The first-order chi connectivity index (χ1) is 23.5. The Morgan fingerprint density at radius 2 is 1.53 bits per heavy atom. The minimum Gasteiger partial charge on any atom is -0.481 e. The summed E-state index contributed by atoms with van der Waals surface area (Å²) >= 11 is 0. The highest BCUT2D eigenvalue weighted by atomic mass is 16.4. The summed E-state index contributed by atoms with van der Waals surface area (Å²) in [6.07, 6.45) is 7.18. The van der Waals surface area contributed by atoms with Crippen LogP contribution in [0.1, 0.15) is 67.6 Å². The molecule has 0 bridgehead atoms. The number of piperidine rings is 2. The molecule has 0 saturated carbocycles. The molecule has 4 aliphatic heterocycles. The van der Waals surface area contributed by atoms with E-state index in [1.807, 2.05) is 6.92 Å². The molecule has 3 fully saturated rings. The average Bonchev–Trinajstić information content (AvgIpc) is 3.09. The number of carboxylic acids is 1. The quantitative estimate of drug-likeness (QED) is 0.364. The summed E-state index contributed by atoms with van der Waals surface area (Å²) in [6, 6.07) is 9.69. The predicted octanol–water partition coefficient (Wildman–Crippen LogP) is 5.19. The fourth-order valence-corrected chi connectivity index (χ4v) is 8.50. The van der Waals surface area contributed by atoms with Gasteiger partial charge in [-0.05, 0) is 75.1 Å². The molecule has 0 unspecified atom stereocenters. The number of benzene rings is 1. The molecule has 0 radical (unpaired) electrons. The van der Waals surface area contributed by atoms with Crippen LogP contribution in [0.3, 0.4) is 0 Å². The van der Waals surface area contributed by atoms with Crippen molar-refractivity contribution in [3.8, 4) is 11.1 Å². The van der Waals surface area contributed by atoms with Gasteiger partial charge in [0, 0.05) is 100 Å². The molecule has 0 amide bonds. The van der Waals surface area contributed by atoms with E-state index < -0.39 is 5.97 Å². The number of anilines is 3. The van der Waals surface area contributed by atoms with Crippen molar-refractivity contribution in [1.82, 2.24) is 24.8 Å². The number of hydrogen-bond acceptors (Lipinski definition) is 9. The van der Waals surface area contributed by atoms with Gasteiger partial charge in [-0.3, -0.25) is 14.7 Å². The number of rotatable bonds is 7. The van der Waals surface area contributed by atoms with E-state index in [0.29, 0.717) is 11.5 Å². The molecular formula is C39H54N8O2. The van der Waals surface area contributed by atoms with Gasteiger partial charge in [-0.1, -0.05) is 32.0 Å². The molecule has 262 valence electrons. The smallest absolute Gasteiger partial charge is 0.307 e. The van der Waals surface area contributed by atoms with Crippen molar-refractivity contribution in [2.75, 3.05) is 80.7 Å². The van der Waals surface area contributed by atoms with Crippen LogP contribution in [0.2, 0.25) is 0 Å². The summed E-state index contributed by atoms with van der Waals surface area (Å²) in [4.78, 5) is 38.8. The molecule has 49 heavy (non-hydrogen) atoms. The van der Waals surface area contributed by atoms with E-state index in [9.17, 15) is 9.90 Å². The van der Waals surface area contributed by atoms with E-state index in [0.717, 1.165) is 104 Å². The maximum atomic E-state index is 12.1. The molecule has 10 heteroatoms. The first-order valence-electron chi connectivity index (χ1n) is 18.4. The van der Waals surface area contributed by atoms with Gasteiger partial charge >= 0.3 is 5.97 Å². The molecule has 0 atom stereocenters. The third-order valence-corrected chi connectivity index (χ3v) is 11.7. The van der Waals surface area contributed by atoms with Gasteiger partial charge in [0.15, 0.2) is 0 Å². The van der Waals surface area contributed by atoms with E-state index in [4.69, 9.17) is 15.0 Å². The van der Waals surface area contributed by atoms with Crippen LogP contribution in [0.25, 0.3) is 11.1 Å². The van der Waals surface area contributed by atoms with Crippen LogP contribution in [-0.2, 0) is 24.2 Å². The number of pyridine rings is 1. The zero-order valence-corrected chi connectivity index (χ0v) is 30.2. The summed E-state index contributed by atoms with van der Waals surface area (Å²) < 4.78 is 0. The Bertz CT molecular complexity index is 1670. The topological polar surface area (TPSA) is 92.2 Å². The lowest BCUT2D eigenvalue weighted by Gasteiger charge is -2.42. The molecule has 3 aromatic rings. The zero-order chi connectivity index (χ0) is 34.3. The van der Waals surface area contributed by atoms with E-state index >= 15 is 0 Å². The van der Waals surface area contributed by atoms with Gasteiger partial charge < -0.3 is 24.7 Å². The van der Waals surface area contributed by atoms with Gasteiger partial charge in [-0.25, -0.2) is 9.97 Å². The lowest BCUT2D eigenvalue weighted by Crippen LogP contribution is -2.52. The highest BCUT2D eigenvalue weighted by Crippen LogP contribution is 2.42. The number of nitrogens with zero attached hydrogens (tertiary/aromatic N) is 8. The summed E-state index contributed by atoms with van der Waals surface area (Å²) in [5, 5.41) is 9.90. The fraction of sp³-hybridized carbons (Fsp3) is 0.590. The fourth-order valence-electron chi connectivity index (χ4n) is 8.50. The average molecular weight is 667 g/mol. The largest absolute Gasteiger partial charge is 0.481 e. The SMILES string of the molecule is Cc1nc(C)c(-c2ccc3c(c2)CCN(c2cc(N4CCC(N5CCN(C)CC5)CC4)ncn2)C3)c(N2CCC(C)(C)CC2)c1CC(=O)O. The molecular weight excluding hydrogens is 612 g/mol. The molecule has 2 aromatic heterocycles. The first kappa shape index (κ1) is 33.7. The van der Waals surface area contributed by atoms with Crippen LogP contribution in [0.4, 0.5) is 17.3 Å². The van der Waals surface area contributed by atoms with E-state index in [1.54, 1.807) is 6.33 Å². The number of likely N-dealkylation sites (N-methyl/N-ethyl adjacent to an activating group) is 1.